The van der Waals surface area contributed by atoms with Crippen LogP contribution < -0.4 is 5.73 Å². The second kappa shape index (κ2) is 9.97. The molecule has 1 rings (SSSR count). The quantitative estimate of drug-likeness (QED) is 0.220. The van der Waals surface area contributed by atoms with Crippen molar-refractivity contribution in [2.75, 3.05) is 45.9 Å². The summed E-state index contributed by atoms with van der Waals surface area (Å²) in [4.78, 5) is 4.72. The summed E-state index contributed by atoms with van der Waals surface area (Å²) in [5, 5.41) is 12.0. The van der Waals surface area contributed by atoms with Crippen LogP contribution in [0.15, 0.2) is 5.16 Å². The lowest BCUT2D eigenvalue weighted by atomic mass is 10.1. The van der Waals surface area contributed by atoms with Crippen LogP contribution in [0, 0.1) is 5.92 Å². The molecule has 0 aromatic rings. The van der Waals surface area contributed by atoms with E-state index in [-0.39, 0.29) is 6.04 Å². The molecular weight excluding hydrogens is 268 g/mol. The Morgan fingerprint density at radius 1 is 1.24 bits per heavy atom. The summed E-state index contributed by atoms with van der Waals surface area (Å²) >= 11 is 0. The zero-order chi connectivity index (χ0) is 15.7. The number of nitrogens with two attached hydrogens (primary N) is 1. The van der Waals surface area contributed by atoms with Crippen molar-refractivity contribution < 1.29 is 9.94 Å². The van der Waals surface area contributed by atoms with Crippen molar-refractivity contribution in [1.29, 1.82) is 0 Å². The Morgan fingerprint density at radius 3 is 2.43 bits per heavy atom. The van der Waals surface area contributed by atoms with Crippen LogP contribution in [-0.2, 0) is 4.74 Å². The molecule has 6 heteroatoms. The van der Waals surface area contributed by atoms with Crippen LogP contribution in [0.5, 0.6) is 0 Å². The molecule has 1 aliphatic heterocycles. The molecule has 124 valence electrons. The van der Waals surface area contributed by atoms with Gasteiger partial charge in [0, 0.05) is 39.3 Å². The van der Waals surface area contributed by atoms with Gasteiger partial charge in [-0.25, -0.2) is 0 Å². The summed E-state index contributed by atoms with van der Waals surface area (Å²) in [6, 6.07) is 0.0550. The van der Waals surface area contributed by atoms with Gasteiger partial charge in [0.15, 0.2) is 5.84 Å². The molecule has 0 radical (unpaired) electrons. The summed E-state index contributed by atoms with van der Waals surface area (Å²) in [7, 11) is 0. The van der Waals surface area contributed by atoms with Crippen LogP contribution in [-0.4, -0.2) is 72.8 Å². The Bertz CT molecular complexity index is 302. The highest BCUT2D eigenvalue weighted by molar-refractivity contribution is 5.85. The number of hydrogen-bond donors (Lipinski definition) is 2. The van der Waals surface area contributed by atoms with Crippen LogP contribution in [0.1, 0.15) is 33.6 Å². The van der Waals surface area contributed by atoms with Gasteiger partial charge in [0.25, 0.3) is 0 Å². The van der Waals surface area contributed by atoms with Gasteiger partial charge in [-0.2, -0.15) is 0 Å². The molecule has 0 saturated carbocycles. The average molecular weight is 300 g/mol. The van der Waals surface area contributed by atoms with Crippen molar-refractivity contribution in [2.45, 2.75) is 39.7 Å². The average Bonchev–Trinajstić information content (AvgIpc) is 2.48. The van der Waals surface area contributed by atoms with Crippen LogP contribution in [0.3, 0.4) is 0 Å². The predicted octanol–water partition coefficient (Wildman–Crippen LogP) is 1.19. The van der Waals surface area contributed by atoms with Crippen LogP contribution >= 0.6 is 0 Å². The Balaban J connectivity index is 2.20. The molecule has 1 unspecified atom stereocenters. The van der Waals surface area contributed by atoms with Crippen LogP contribution in [0.2, 0.25) is 0 Å². The largest absolute Gasteiger partial charge is 0.409 e. The van der Waals surface area contributed by atoms with Gasteiger partial charge in [0.05, 0.1) is 12.6 Å². The molecule has 6 nitrogen and oxygen atoms in total. The third kappa shape index (κ3) is 6.63. The van der Waals surface area contributed by atoms with E-state index in [4.69, 9.17) is 15.7 Å². The molecule has 1 heterocycles. The van der Waals surface area contributed by atoms with E-state index in [1.807, 2.05) is 0 Å². The molecule has 3 N–H and O–H groups in total. The van der Waals surface area contributed by atoms with Gasteiger partial charge in [-0.1, -0.05) is 25.9 Å². The van der Waals surface area contributed by atoms with Crippen molar-refractivity contribution in [2.24, 2.45) is 16.8 Å². The maximum atomic E-state index is 8.83. The highest BCUT2D eigenvalue weighted by atomic mass is 16.5. The minimum absolute atomic E-state index is 0.0550. The minimum atomic E-state index is 0.0550. The minimum Gasteiger partial charge on any atom is -0.409 e. The first-order valence-corrected chi connectivity index (χ1v) is 8.10. The fourth-order valence-electron chi connectivity index (χ4n) is 2.63. The maximum absolute atomic E-state index is 8.83. The van der Waals surface area contributed by atoms with Crippen molar-refractivity contribution in [3.8, 4) is 0 Å². The normalized spacial score (nSPS) is 20.1. The second-order valence-corrected chi connectivity index (χ2v) is 6.12. The molecule has 1 saturated heterocycles. The summed E-state index contributed by atoms with van der Waals surface area (Å²) in [5.41, 5.74) is 5.76. The first-order chi connectivity index (χ1) is 10.1. The molecular formula is C15H32N4O2. The Labute approximate surface area is 128 Å². The predicted molar refractivity (Wildman–Crippen MR) is 85.8 cm³/mol. The number of amidine groups is 1. The van der Waals surface area contributed by atoms with E-state index in [2.05, 4.69) is 35.7 Å². The fraction of sp³-hybridized carbons (Fsp3) is 0.933. The molecule has 0 aliphatic carbocycles. The lowest BCUT2D eigenvalue weighted by Gasteiger charge is -2.38. The molecule has 1 atom stereocenters. The molecule has 1 aliphatic rings. The van der Waals surface area contributed by atoms with Crippen LogP contribution in [0.4, 0.5) is 0 Å². The van der Waals surface area contributed by atoms with Crippen LogP contribution in [0.25, 0.3) is 0 Å². The Morgan fingerprint density at radius 2 is 1.90 bits per heavy atom. The SMILES string of the molecule is CCC(C(N)=NO)N1CCN(CCOCCC(C)C)CC1. The number of rotatable bonds is 9. The topological polar surface area (TPSA) is 74.3 Å². The Kier molecular flexibility index (Phi) is 8.64. The van der Waals surface area contributed by atoms with Crippen molar-refractivity contribution in [1.82, 2.24) is 9.80 Å². The van der Waals surface area contributed by atoms with E-state index in [1.165, 1.54) is 0 Å². The zero-order valence-electron chi connectivity index (χ0n) is 13.8. The van der Waals surface area contributed by atoms with E-state index in [0.717, 1.165) is 58.8 Å². The van der Waals surface area contributed by atoms with Crippen molar-refractivity contribution in [3.05, 3.63) is 0 Å². The van der Waals surface area contributed by atoms with Gasteiger partial charge in [-0.15, -0.1) is 0 Å². The molecule has 21 heavy (non-hydrogen) atoms. The lowest BCUT2D eigenvalue weighted by molar-refractivity contribution is 0.0656. The number of ether oxygens (including phenoxy) is 1. The third-order valence-corrected chi connectivity index (χ3v) is 4.08. The first-order valence-electron chi connectivity index (χ1n) is 8.10. The van der Waals surface area contributed by atoms with Gasteiger partial charge in [0.1, 0.15) is 0 Å². The summed E-state index contributed by atoms with van der Waals surface area (Å²) in [6.45, 7) is 13.1. The van der Waals surface area contributed by atoms with Gasteiger partial charge >= 0.3 is 0 Å². The lowest BCUT2D eigenvalue weighted by Crippen LogP contribution is -2.54. The van der Waals surface area contributed by atoms with Gasteiger partial charge < -0.3 is 15.7 Å². The molecule has 0 spiro atoms. The first kappa shape index (κ1) is 18.2. The number of hydrogen-bond acceptors (Lipinski definition) is 5. The van der Waals surface area contributed by atoms with E-state index < -0.39 is 0 Å². The molecule has 0 bridgehead atoms. The van der Waals surface area contributed by atoms with Gasteiger partial charge in [0.2, 0.25) is 0 Å². The Hall–Kier alpha value is -0.850. The summed E-state index contributed by atoms with van der Waals surface area (Å²) < 4.78 is 5.67. The van der Waals surface area contributed by atoms with E-state index >= 15 is 0 Å². The maximum Gasteiger partial charge on any atom is 0.156 e. The third-order valence-electron chi connectivity index (χ3n) is 4.08. The van der Waals surface area contributed by atoms with Gasteiger partial charge in [-0.3, -0.25) is 9.80 Å². The van der Waals surface area contributed by atoms with E-state index in [0.29, 0.717) is 11.8 Å². The number of nitrogens with zero attached hydrogens (tertiary/aromatic N) is 3. The van der Waals surface area contributed by atoms with Gasteiger partial charge in [-0.05, 0) is 18.8 Å². The van der Waals surface area contributed by atoms with Crippen molar-refractivity contribution in [3.63, 3.8) is 0 Å². The summed E-state index contributed by atoms with van der Waals surface area (Å²) in [5.74, 6) is 1.03. The molecule has 0 aromatic heterocycles. The number of piperazine rings is 1. The summed E-state index contributed by atoms with van der Waals surface area (Å²) in [6.07, 6.45) is 2.00. The molecule has 1 fully saturated rings. The standard InChI is InChI=1S/C15H32N4O2/c1-4-14(15(16)17-20)19-8-6-18(7-9-19)10-12-21-11-5-13(2)3/h13-14,20H,4-12H2,1-3H3,(H2,16,17). The number of oxime groups is 1. The molecule has 0 amide bonds. The van der Waals surface area contributed by atoms with E-state index in [9.17, 15) is 0 Å². The smallest absolute Gasteiger partial charge is 0.156 e. The fourth-order valence-corrected chi connectivity index (χ4v) is 2.63. The van der Waals surface area contributed by atoms with E-state index in [1.54, 1.807) is 0 Å². The zero-order valence-corrected chi connectivity index (χ0v) is 13.8. The molecule has 0 aromatic carbocycles. The highest BCUT2D eigenvalue weighted by Crippen LogP contribution is 2.09. The highest BCUT2D eigenvalue weighted by Gasteiger charge is 2.25. The second-order valence-electron chi connectivity index (χ2n) is 6.12. The monoisotopic (exact) mass is 300 g/mol. The van der Waals surface area contributed by atoms with Crippen molar-refractivity contribution >= 4 is 5.84 Å².